The van der Waals surface area contributed by atoms with Crippen LogP contribution in [0.2, 0.25) is 0 Å². The molecule has 0 amide bonds. The number of hydrogen-bond acceptors (Lipinski definition) is 5. The Morgan fingerprint density at radius 2 is 0.640 bits per heavy atom. The Morgan fingerprint density at radius 1 is 0.310 bits per heavy atom. The number of nitrogens with zero attached hydrogens (tertiary/aromatic N) is 5. The summed E-state index contributed by atoms with van der Waals surface area (Å²) in [7, 11) is 6.97. The number of anilines is 6. The molecule has 0 aliphatic heterocycles. The zero-order chi connectivity index (χ0) is 67.6. The van der Waals surface area contributed by atoms with E-state index in [1.54, 1.807) is 6.20 Å². The van der Waals surface area contributed by atoms with Gasteiger partial charge in [-0.3, -0.25) is 4.98 Å². The minimum atomic E-state index is 0.839. The molecule has 0 bridgehead atoms. The molecule has 2 heterocycles. The topological polar surface area (TPSA) is 45.9 Å². The zero-order valence-electron chi connectivity index (χ0n) is 54.8. The molecule has 0 fully saturated rings. The van der Waals surface area contributed by atoms with E-state index in [1.165, 1.54) is 121 Å². The molecule has 0 saturated carbocycles. The predicted molar refractivity (Wildman–Crippen MR) is 429 cm³/mol. The van der Waals surface area contributed by atoms with Crippen LogP contribution in [0.15, 0.2) is 387 Å². The summed E-state index contributed by atoms with van der Waals surface area (Å²) in [6.45, 7) is 0. The maximum Gasteiger partial charge on any atom is 0.494 e. The fourth-order valence-corrected chi connectivity index (χ4v) is 14.2. The number of rotatable bonds is 11. The van der Waals surface area contributed by atoms with E-state index in [0.717, 1.165) is 50.8 Å². The third-order valence-corrected chi connectivity index (χ3v) is 18.7. The van der Waals surface area contributed by atoms with Gasteiger partial charge in [-0.05, 0) is 172 Å². The fraction of sp³-hybridized carbons (Fsp3) is 0. The van der Waals surface area contributed by atoms with Crippen LogP contribution in [0.3, 0.4) is 0 Å². The van der Waals surface area contributed by atoms with E-state index in [4.69, 9.17) is 3.79 Å². The van der Waals surface area contributed by atoms with Crippen LogP contribution < -0.4 is 13.6 Å². The second-order valence-corrected chi connectivity index (χ2v) is 24.7. The second kappa shape index (κ2) is 29.7. The first-order chi connectivity index (χ1) is 49.5. The third kappa shape index (κ3) is 12.9. The number of pyridine rings is 1. The Balaban J connectivity index is 0.000000136. The molecule has 0 saturated heterocycles. The van der Waals surface area contributed by atoms with Crippen molar-refractivity contribution in [2.24, 2.45) is 4.66 Å². The highest BCUT2D eigenvalue weighted by Crippen LogP contribution is 2.46. The summed E-state index contributed by atoms with van der Waals surface area (Å²) in [6.07, 6.45) is 1.77. The highest BCUT2D eigenvalue weighted by molar-refractivity contribution is 7.05. The first-order valence-corrected chi connectivity index (χ1v) is 34.3. The summed E-state index contributed by atoms with van der Waals surface area (Å²) in [6, 6.07) is 134. The number of hydrogen-bond donors (Lipinski definition) is 0. The maximum atomic E-state index is 5.19. The molecule has 6 nitrogen and oxygen atoms in total. The van der Waals surface area contributed by atoms with Gasteiger partial charge in [-0.15, -0.1) is 0 Å². The SMILES string of the molecule is [AlH][O]c1cccc2cccnc12.[B]N=P.c1ccc(-c2c3ccccc3c(-c3ccc(-n4c5ccccc5c5ccccc54)cc3)c3ccccc23)cc1.c1ccc(N(c2ccc(-c3ccc(N(c4ccccc4)c4cccc5ccccc45)cc3)cc2)c2cccc3ccccc23)cc1. The molecule has 0 spiro atoms. The summed E-state index contributed by atoms with van der Waals surface area (Å²) in [5.41, 5.74) is 18.8. The minimum absolute atomic E-state index is 0.839. The van der Waals surface area contributed by atoms with E-state index in [-0.39, 0.29) is 0 Å². The van der Waals surface area contributed by atoms with Crippen LogP contribution in [0.5, 0.6) is 5.75 Å². The van der Waals surface area contributed by atoms with Gasteiger partial charge in [0.1, 0.15) is 11.3 Å². The largest absolute Gasteiger partial charge is 0.649 e. The molecule has 100 heavy (non-hydrogen) atoms. The summed E-state index contributed by atoms with van der Waals surface area (Å²) < 4.78 is 10.4. The molecule has 0 atom stereocenters. The van der Waals surface area contributed by atoms with Crippen molar-refractivity contribution in [1.82, 2.24) is 9.55 Å². The van der Waals surface area contributed by atoms with Crippen LogP contribution >= 0.6 is 9.03 Å². The quantitative estimate of drug-likeness (QED) is 0.0735. The van der Waals surface area contributed by atoms with Gasteiger partial charge in [-0.2, -0.15) is 0 Å². The van der Waals surface area contributed by atoms with Crippen LogP contribution in [-0.2, 0) is 0 Å². The molecule has 2 aromatic heterocycles. The van der Waals surface area contributed by atoms with Crippen molar-refractivity contribution in [3.8, 4) is 44.8 Å². The second-order valence-electron chi connectivity index (χ2n) is 24.2. The van der Waals surface area contributed by atoms with Crippen LogP contribution in [0.1, 0.15) is 0 Å². The van der Waals surface area contributed by atoms with Crippen molar-refractivity contribution in [3.63, 3.8) is 0 Å². The summed E-state index contributed by atoms with van der Waals surface area (Å²) in [4.78, 5) is 8.92. The number of aromatic nitrogens is 2. The van der Waals surface area contributed by atoms with Gasteiger partial charge in [-0.1, -0.05) is 279 Å². The van der Waals surface area contributed by atoms with Crippen molar-refractivity contribution in [3.05, 3.63) is 382 Å². The molecule has 18 aromatic rings. The van der Waals surface area contributed by atoms with E-state index in [9.17, 15) is 0 Å². The first-order valence-electron chi connectivity index (χ1n) is 33.3. The average Bonchev–Trinajstić information content (AvgIpc) is 1.62. The van der Waals surface area contributed by atoms with Crippen molar-refractivity contribution in [2.45, 2.75) is 0 Å². The monoisotopic (exact) mass is 1310 g/mol. The Labute approximate surface area is 594 Å². The molecule has 0 aliphatic carbocycles. The lowest BCUT2D eigenvalue weighted by atomic mass is 9.86. The average molecular weight is 1310 g/mol. The number of para-hydroxylation sites is 5. The van der Waals surface area contributed by atoms with E-state index in [2.05, 4.69) is 387 Å². The Hall–Kier alpha value is -12.1. The van der Waals surface area contributed by atoms with E-state index >= 15 is 0 Å². The number of benzene rings is 16. The first kappa shape index (κ1) is 63.9. The normalized spacial score (nSPS) is 10.9. The molecule has 18 rings (SSSR count). The molecule has 3 radical (unpaired) electrons. The smallest absolute Gasteiger partial charge is 0.494 e. The van der Waals surface area contributed by atoms with Crippen molar-refractivity contribution < 1.29 is 3.79 Å². The Morgan fingerprint density at radius 3 is 1.09 bits per heavy atom. The molecule has 0 aliphatic rings. The van der Waals surface area contributed by atoms with Gasteiger partial charge in [-0.25, -0.2) is 0 Å². The van der Waals surface area contributed by atoms with E-state index in [0.29, 0.717) is 0 Å². The highest BCUT2D eigenvalue weighted by atomic mass is 31.0. The van der Waals surface area contributed by atoms with Crippen molar-refractivity contribution in [1.29, 1.82) is 0 Å². The Kier molecular flexibility index (Phi) is 19.0. The van der Waals surface area contributed by atoms with Crippen molar-refractivity contribution in [2.75, 3.05) is 9.80 Å². The standard InChI is InChI=1S/C44H32N2.C38H25N.C9H7NO.Al.BHNP.H/c1-3-17-37(18-4-1)45(43-23-11-15-35-13-7-9-21-41(35)43)39-29-25-33(26-30-39)34-27-31-40(32-28-34)46(38-19-5-2-6-20-38)44-24-12-16-36-14-8-10-22-42(36)44;1-2-12-26(13-3-1)37-31-16-4-6-18-33(31)38(34-19-7-5-17-32(34)37)27-22-24-28(25-23-27)39-35-20-10-8-14-29(35)30-15-9-11-21-36(30)39;11-8-5-1-3-7-4-2-6-10-9(7)8;;1-2-3;/h1-32H;1-25H;1-6,11H;;3H;/q;;;+1;;/p-1. The molecule has 9 heteroatoms. The lowest BCUT2D eigenvalue weighted by Crippen LogP contribution is -2.10. The molecular weight excluding hydrogens is 1250 g/mol. The summed E-state index contributed by atoms with van der Waals surface area (Å²) in [5.74, 6) is 0.839. The van der Waals surface area contributed by atoms with Crippen LogP contribution in [0, 0.1) is 0 Å². The van der Waals surface area contributed by atoms with Gasteiger partial charge >= 0.3 is 16.6 Å². The fourth-order valence-electron chi connectivity index (χ4n) is 13.9. The van der Waals surface area contributed by atoms with Crippen LogP contribution in [0.4, 0.5) is 34.1 Å². The van der Waals surface area contributed by atoms with Crippen LogP contribution in [-0.4, -0.2) is 34.2 Å². The maximum absolute atomic E-state index is 5.19. The summed E-state index contributed by atoms with van der Waals surface area (Å²) >= 11 is 1.47. The summed E-state index contributed by atoms with van der Waals surface area (Å²) in [5, 5.41) is 13.7. The van der Waals surface area contributed by atoms with E-state index in [1.807, 2.05) is 30.3 Å². The van der Waals surface area contributed by atoms with Crippen molar-refractivity contribution >= 4 is 144 Å². The molecule has 0 unspecified atom stereocenters. The molecule has 471 valence electrons. The lowest BCUT2D eigenvalue weighted by molar-refractivity contribution is 0.622. The third-order valence-electron chi connectivity index (χ3n) is 18.4. The van der Waals surface area contributed by atoms with Gasteiger partial charge < -0.3 is 22.8 Å². The van der Waals surface area contributed by atoms with Gasteiger partial charge in [0.15, 0.2) is 0 Å². The van der Waals surface area contributed by atoms with Crippen LogP contribution in [0.25, 0.3) is 115 Å². The molecule has 0 N–H and O–H groups in total. The van der Waals surface area contributed by atoms with Gasteiger partial charge in [0, 0.05) is 61.6 Å². The lowest BCUT2D eigenvalue weighted by Gasteiger charge is -2.27. The van der Waals surface area contributed by atoms with Gasteiger partial charge in [0.05, 0.1) is 22.4 Å². The van der Waals surface area contributed by atoms with Gasteiger partial charge in [0.2, 0.25) is 0 Å². The number of fused-ring (bicyclic) bond motifs is 8. The molecular formula is C91H65AlBN5OP. The van der Waals surface area contributed by atoms with Gasteiger partial charge in [0.25, 0.3) is 7.98 Å². The minimum Gasteiger partial charge on any atom is -0.649 e. The predicted octanol–water partition coefficient (Wildman–Crippen LogP) is 24.8. The molecule has 16 aromatic carbocycles. The van der Waals surface area contributed by atoms with E-state index < -0.39 is 0 Å². The zero-order valence-corrected chi connectivity index (χ0v) is 57.2. The highest BCUT2D eigenvalue weighted by Gasteiger charge is 2.20. The Bertz CT molecular complexity index is 5590.